The molecule has 1 heterocycles. The Kier molecular flexibility index (Phi) is 5.02. The molecule has 0 aromatic heterocycles. The highest BCUT2D eigenvalue weighted by molar-refractivity contribution is 7.90. The first-order valence-electron chi connectivity index (χ1n) is 7.92. The van der Waals surface area contributed by atoms with E-state index in [2.05, 4.69) is 4.40 Å². The molecule has 136 valence electrons. The van der Waals surface area contributed by atoms with Crippen molar-refractivity contribution in [3.05, 3.63) is 64.7 Å². The van der Waals surface area contributed by atoms with Crippen LogP contribution in [0.2, 0.25) is 5.02 Å². The molecular weight excluding hydrogens is 374 g/mol. The van der Waals surface area contributed by atoms with Crippen LogP contribution in [0.3, 0.4) is 0 Å². The molecule has 0 saturated heterocycles. The zero-order valence-electron chi connectivity index (χ0n) is 14.4. The smallest absolute Gasteiger partial charge is 0.285 e. The summed E-state index contributed by atoms with van der Waals surface area (Å²) in [4.78, 5) is 15.8. The standard InChI is InChI=1S/C18H18ClN3O3S/c1-21(11-13-7-9-14(19)10-8-13)17(23)12-22(2)18-15-5-3-4-6-16(15)26(24,25)20-18/h3-10H,11-12H2,1-2H3. The zero-order chi connectivity index (χ0) is 18.9. The van der Waals surface area contributed by atoms with E-state index in [-0.39, 0.29) is 23.2 Å². The van der Waals surface area contributed by atoms with Gasteiger partial charge in [-0.3, -0.25) is 4.79 Å². The number of hydrogen-bond donors (Lipinski definition) is 0. The molecule has 8 heteroatoms. The predicted molar refractivity (Wildman–Crippen MR) is 101 cm³/mol. The van der Waals surface area contributed by atoms with E-state index in [1.54, 1.807) is 54.2 Å². The van der Waals surface area contributed by atoms with Gasteiger partial charge >= 0.3 is 0 Å². The first kappa shape index (κ1) is 18.4. The number of benzene rings is 2. The SMILES string of the molecule is CN(Cc1ccc(Cl)cc1)C(=O)CN(C)C1=NS(=O)(=O)c2ccccc21. The minimum atomic E-state index is -3.70. The molecule has 6 nitrogen and oxygen atoms in total. The molecule has 26 heavy (non-hydrogen) atoms. The number of fused-ring (bicyclic) bond motifs is 1. The van der Waals surface area contributed by atoms with E-state index in [1.165, 1.54) is 6.07 Å². The molecule has 0 spiro atoms. The van der Waals surface area contributed by atoms with E-state index in [4.69, 9.17) is 11.6 Å². The highest BCUT2D eigenvalue weighted by Crippen LogP contribution is 2.26. The fourth-order valence-electron chi connectivity index (χ4n) is 2.71. The first-order chi connectivity index (χ1) is 12.3. The van der Waals surface area contributed by atoms with Crippen molar-refractivity contribution in [3.63, 3.8) is 0 Å². The van der Waals surface area contributed by atoms with E-state index in [0.29, 0.717) is 17.1 Å². The largest absolute Gasteiger partial charge is 0.349 e. The van der Waals surface area contributed by atoms with Crippen LogP contribution in [0.5, 0.6) is 0 Å². The van der Waals surface area contributed by atoms with Crippen LogP contribution in [0.4, 0.5) is 0 Å². The third-order valence-corrected chi connectivity index (χ3v) is 5.68. The topological polar surface area (TPSA) is 70.1 Å². The maximum Gasteiger partial charge on any atom is 0.285 e. The van der Waals surface area contributed by atoms with Crippen LogP contribution >= 0.6 is 11.6 Å². The summed E-state index contributed by atoms with van der Waals surface area (Å²) in [6.45, 7) is 0.456. The number of hydrogen-bond acceptors (Lipinski definition) is 4. The van der Waals surface area contributed by atoms with E-state index < -0.39 is 10.0 Å². The number of carbonyl (C=O) groups is 1. The van der Waals surface area contributed by atoms with Gasteiger partial charge < -0.3 is 9.80 Å². The Morgan fingerprint density at radius 3 is 2.42 bits per heavy atom. The fraction of sp³-hybridized carbons (Fsp3) is 0.222. The number of rotatable bonds is 4. The molecule has 0 fully saturated rings. The van der Waals surface area contributed by atoms with Gasteiger partial charge in [0.05, 0.1) is 6.54 Å². The highest BCUT2D eigenvalue weighted by atomic mass is 35.5. The van der Waals surface area contributed by atoms with Gasteiger partial charge in [0, 0.05) is 31.2 Å². The van der Waals surface area contributed by atoms with Gasteiger partial charge in [0.1, 0.15) is 4.90 Å². The van der Waals surface area contributed by atoms with Crippen molar-refractivity contribution >= 4 is 33.4 Å². The Balaban J connectivity index is 1.71. The van der Waals surface area contributed by atoms with Crippen molar-refractivity contribution in [1.82, 2.24) is 9.80 Å². The second kappa shape index (κ2) is 7.09. The van der Waals surface area contributed by atoms with Gasteiger partial charge in [0.2, 0.25) is 5.91 Å². The minimum absolute atomic E-state index is 0.0206. The molecule has 0 saturated carbocycles. The van der Waals surface area contributed by atoms with Gasteiger partial charge in [-0.05, 0) is 29.8 Å². The molecule has 0 bridgehead atoms. The Labute approximate surface area is 157 Å². The van der Waals surface area contributed by atoms with E-state index in [0.717, 1.165) is 5.56 Å². The first-order valence-corrected chi connectivity index (χ1v) is 9.73. The molecule has 1 aliphatic rings. The van der Waals surface area contributed by atoms with Crippen LogP contribution in [0, 0.1) is 0 Å². The number of amidine groups is 1. The predicted octanol–water partition coefficient (Wildman–Crippen LogP) is 2.38. The Bertz CT molecular complexity index is 971. The Hall–Kier alpha value is -2.38. The van der Waals surface area contributed by atoms with Crippen LogP contribution in [0.25, 0.3) is 0 Å². The van der Waals surface area contributed by atoms with Crippen LogP contribution in [0.15, 0.2) is 57.8 Å². The van der Waals surface area contributed by atoms with Gasteiger partial charge in [-0.1, -0.05) is 35.9 Å². The lowest BCUT2D eigenvalue weighted by atomic mass is 10.2. The molecule has 0 atom stereocenters. The van der Waals surface area contributed by atoms with Crippen molar-refractivity contribution in [3.8, 4) is 0 Å². The maximum absolute atomic E-state index is 12.5. The van der Waals surface area contributed by atoms with Crippen molar-refractivity contribution in [2.75, 3.05) is 20.6 Å². The molecule has 0 N–H and O–H groups in total. The summed E-state index contributed by atoms with van der Waals surface area (Å²) in [5.74, 6) is 0.140. The normalized spacial score (nSPS) is 14.5. The Morgan fingerprint density at radius 2 is 1.73 bits per heavy atom. The van der Waals surface area contributed by atoms with Crippen LogP contribution in [0.1, 0.15) is 11.1 Å². The lowest BCUT2D eigenvalue weighted by Gasteiger charge is -2.23. The average Bonchev–Trinajstić information content (AvgIpc) is 2.89. The maximum atomic E-state index is 12.5. The summed E-state index contributed by atoms with van der Waals surface area (Å²) >= 11 is 5.87. The molecular formula is C18H18ClN3O3S. The fourth-order valence-corrected chi connectivity index (χ4v) is 4.09. The number of nitrogens with zero attached hydrogens (tertiary/aromatic N) is 3. The summed E-state index contributed by atoms with van der Waals surface area (Å²) in [6.07, 6.45) is 0. The lowest BCUT2D eigenvalue weighted by Crippen LogP contribution is -2.39. The number of sulfonamides is 1. The van der Waals surface area contributed by atoms with Gasteiger partial charge in [-0.2, -0.15) is 8.42 Å². The van der Waals surface area contributed by atoms with Crippen molar-refractivity contribution in [2.24, 2.45) is 4.40 Å². The zero-order valence-corrected chi connectivity index (χ0v) is 16.0. The summed E-state index contributed by atoms with van der Waals surface area (Å²) in [6, 6.07) is 13.9. The number of halogens is 1. The Morgan fingerprint density at radius 1 is 1.08 bits per heavy atom. The van der Waals surface area contributed by atoms with Crippen LogP contribution in [-0.2, 0) is 21.4 Å². The number of likely N-dealkylation sites (N-methyl/N-ethyl adjacent to an activating group) is 2. The molecule has 3 rings (SSSR count). The van der Waals surface area contributed by atoms with Gasteiger partial charge in [0.15, 0.2) is 5.84 Å². The molecule has 2 aromatic rings. The highest BCUT2D eigenvalue weighted by Gasteiger charge is 2.31. The summed E-state index contributed by atoms with van der Waals surface area (Å²) in [5, 5.41) is 0.640. The summed E-state index contributed by atoms with van der Waals surface area (Å²) in [7, 11) is -0.342. The summed E-state index contributed by atoms with van der Waals surface area (Å²) in [5.41, 5.74) is 1.47. The molecule has 0 radical (unpaired) electrons. The minimum Gasteiger partial charge on any atom is -0.349 e. The molecule has 0 unspecified atom stereocenters. The second-order valence-electron chi connectivity index (χ2n) is 6.12. The van der Waals surface area contributed by atoms with Gasteiger partial charge in [-0.15, -0.1) is 4.40 Å². The van der Waals surface area contributed by atoms with Crippen molar-refractivity contribution in [1.29, 1.82) is 0 Å². The van der Waals surface area contributed by atoms with Crippen molar-refractivity contribution < 1.29 is 13.2 Å². The van der Waals surface area contributed by atoms with Crippen LogP contribution in [-0.4, -0.2) is 50.6 Å². The lowest BCUT2D eigenvalue weighted by molar-refractivity contribution is -0.130. The molecule has 0 aliphatic carbocycles. The van der Waals surface area contributed by atoms with Gasteiger partial charge in [-0.25, -0.2) is 0 Å². The van der Waals surface area contributed by atoms with Crippen LogP contribution < -0.4 is 0 Å². The second-order valence-corrected chi connectivity index (χ2v) is 8.13. The number of carbonyl (C=O) groups excluding carboxylic acids is 1. The summed E-state index contributed by atoms with van der Waals surface area (Å²) < 4.78 is 28.1. The van der Waals surface area contributed by atoms with Gasteiger partial charge in [0.25, 0.3) is 10.0 Å². The van der Waals surface area contributed by atoms with Crippen molar-refractivity contribution in [2.45, 2.75) is 11.4 Å². The van der Waals surface area contributed by atoms with E-state index >= 15 is 0 Å². The molecule has 2 aromatic carbocycles. The third-order valence-electron chi connectivity index (χ3n) is 4.11. The number of amides is 1. The average molecular weight is 392 g/mol. The van der Waals surface area contributed by atoms with E-state index in [9.17, 15) is 13.2 Å². The molecule has 1 amide bonds. The monoisotopic (exact) mass is 391 g/mol. The third kappa shape index (κ3) is 3.73. The van der Waals surface area contributed by atoms with E-state index in [1.807, 2.05) is 12.1 Å². The quantitative estimate of drug-likeness (QED) is 0.802. The molecule has 1 aliphatic heterocycles.